The standard InChI is InChI=1S/C11H8N2S2/c1-7-12-9(6-14-7)11-13-8-4-2-3-5-10(8)15-11/h2-6H,1H3. The third kappa shape index (κ3) is 1.56. The summed E-state index contributed by atoms with van der Waals surface area (Å²) in [6.07, 6.45) is 0. The Balaban J connectivity index is 2.19. The molecule has 0 aliphatic carbocycles. The van der Waals surface area contributed by atoms with Crippen molar-refractivity contribution in [1.82, 2.24) is 9.97 Å². The second-order valence-electron chi connectivity index (χ2n) is 3.24. The number of rotatable bonds is 1. The number of thiazole rings is 2. The number of aryl methyl sites for hydroxylation is 1. The maximum absolute atomic E-state index is 4.56. The lowest BCUT2D eigenvalue weighted by molar-refractivity contribution is 1.28. The molecule has 0 spiro atoms. The zero-order valence-electron chi connectivity index (χ0n) is 8.10. The molecule has 2 aromatic heterocycles. The van der Waals surface area contributed by atoms with Crippen molar-refractivity contribution < 1.29 is 0 Å². The van der Waals surface area contributed by atoms with E-state index in [2.05, 4.69) is 21.4 Å². The summed E-state index contributed by atoms with van der Waals surface area (Å²) in [7, 11) is 0. The van der Waals surface area contributed by atoms with Crippen LogP contribution in [0.4, 0.5) is 0 Å². The molecule has 0 fully saturated rings. The van der Waals surface area contributed by atoms with Crippen LogP contribution < -0.4 is 0 Å². The Kier molecular flexibility index (Phi) is 2.04. The van der Waals surface area contributed by atoms with E-state index in [0.29, 0.717) is 0 Å². The van der Waals surface area contributed by atoms with Crippen molar-refractivity contribution in [3.8, 4) is 10.7 Å². The van der Waals surface area contributed by atoms with Gasteiger partial charge in [0.15, 0.2) is 0 Å². The molecule has 3 rings (SSSR count). The second kappa shape index (κ2) is 3.40. The van der Waals surface area contributed by atoms with Gasteiger partial charge in [-0.15, -0.1) is 22.7 Å². The molecular weight excluding hydrogens is 224 g/mol. The number of fused-ring (bicyclic) bond motifs is 1. The lowest BCUT2D eigenvalue weighted by Crippen LogP contribution is -1.75. The fraction of sp³-hybridized carbons (Fsp3) is 0.0909. The summed E-state index contributed by atoms with van der Waals surface area (Å²) in [5.41, 5.74) is 2.06. The van der Waals surface area contributed by atoms with Crippen LogP contribution in [-0.2, 0) is 0 Å². The summed E-state index contributed by atoms with van der Waals surface area (Å²) in [6.45, 7) is 2.02. The van der Waals surface area contributed by atoms with Crippen LogP contribution in [0.2, 0.25) is 0 Å². The van der Waals surface area contributed by atoms with E-state index in [-0.39, 0.29) is 0 Å². The van der Waals surface area contributed by atoms with Gasteiger partial charge < -0.3 is 0 Å². The van der Waals surface area contributed by atoms with E-state index >= 15 is 0 Å². The van der Waals surface area contributed by atoms with Gasteiger partial charge in [0.05, 0.1) is 15.2 Å². The molecule has 15 heavy (non-hydrogen) atoms. The van der Waals surface area contributed by atoms with Crippen LogP contribution in [0.3, 0.4) is 0 Å². The summed E-state index contributed by atoms with van der Waals surface area (Å²) in [4.78, 5) is 9.00. The molecule has 0 atom stereocenters. The Labute approximate surface area is 95.3 Å². The molecule has 3 aromatic rings. The van der Waals surface area contributed by atoms with Gasteiger partial charge in [0.1, 0.15) is 10.7 Å². The maximum Gasteiger partial charge on any atom is 0.143 e. The summed E-state index contributed by atoms with van der Waals surface area (Å²) in [5, 5.41) is 4.16. The van der Waals surface area contributed by atoms with E-state index in [1.165, 1.54) is 4.70 Å². The zero-order valence-corrected chi connectivity index (χ0v) is 9.73. The van der Waals surface area contributed by atoms with Gasteiger partial charge in [0.2, 0.25) is 0 Å². The van der Waals surface area contributed by atoms with Crippen molar-refractivity contribution in [3.05, 3.63) is 34.7 Å². The molecule has 0 bridgehead atoms. The number of aromatic nitrogens is 2. The van der Waals surface area contributed by atoms with Crippen LogP contribution in [0.15, 0.2) is 29.6 Å². The molecule has 2 nitrogen and oxygen atoms in total. The Morgan fingerprint density at radius 1 is 1.13 bits per heavy atom. The van der Waals surface area contributed by atoms with Crippen LogP contribution in [-0.4, -0.2) is 9.97 Å². The molecule has 74 valence electrons. The minimum absolute atomic E-state index is 0.999. The molecule has 0 aliphatic heterocycles. The zero-order chi connectivity index (χ0) is 10.3. The first-order valence-electron chi connectivity index (χ1n) is 4.61. The first-order chi connectivity index (χ1) is 7.33. The van der Waals surface area contributed by atoms with Crippen LogP contribution >= 0.6 is 22.7 Å². The topological polar surface area (TPSA) is 25.8 Å². The Bertz CT molecular complexity index is 577. The van der Waals surface area contributed by atoms with Gasteiger partial charge in [-0.1, -0.05) is 12.1 Å². The minimum atomic E-state index is 0.999. The molecule has 0 N–H and O–H groups in total. The number of hydrogen-bond acceptors (Lipinski definition) is 4. The average Bonchev–Trinajstić information content (AvgIpc) is 2.82. The van der Waals surface area contributed by atoms with E-state index in [1.54, 1.807) is 22.7 Å². The van der Waals surface area contributed by atoms with E-state index in [0.717, 1.165) is 21.2 Å². The van der Waals surface area contributed by atoms with Gasteiger partial charge in [-0.25, -0.2) is 9.97 Å². The monoisotopic (exact) mass is 232 g/mol. The van der Waals surface area contributed by atoms with Gasteiger partial charge in [0, 0.05) is 5.38 Å². The van der Waals surface area contributed by atoms with Gasteiger partial charge in [-0.2, -0.15) is 0 Å². The largest absolute Gasteiger partial charge is 0.239 e. The van der Waals surface area contributed by atoms with Gasteiger partial charge in [-0.3, -0.25) is 0 Å². The van der Waals surface area contributed by atoms with Crippen LogP contribution in [0.1, 0.15) is 5.01 Å². The van der Waals surface area contributed by atoms with Crippen LogP contribution in [0.25, 0.3) is 20.9 Å². The number of hydrogen-bond donors (Lipinski definition) is 0. The van der Waals surface area contributed by atoms with E-state index < -0.39 is 0 Å². The number of nitrogens with zero attached hydrogens (tertiary/aromatic N) is 2. The van der Waals surface area contributed by atoms with Crippen molar-refractivity contribution in [2.75, 3.05) is 0 Å². The molecule has 0 unspecified atom stereocenters. The molecule has 4 heteroatoms. The molecular formula is C11H8N2S2. The van der Waals surface area contributed by atoms with E-state index in [1.807, 2.05) is 25.1 Å². The molecule has 0 saturated heterocycles. The summed E-state index contributed by atoms with van der Waals surface area (Å²) < 4.78 is 1.22. The lowest BCUT2D eigenvalue weighted by atomic mass is 10.3. The molecule has 0 aliphatic rings. The fourth-order valence-corrected chi connectivity index (χ4v) is 3.04. The molecule has 0 saturated carbocycles. The first kappa shape index (κ1) is 9.00. The first-order valence-corrected chi connectivity index (χ1v) is 6.30. The average molecular weight is 232 g/mol. The Hall–Kier alpha value is -1.26. The predicted octanol–water partition coefficient (Wildman–Crippen LogP) is 3.73. The van der Waals surface area contributed by atoms with E-state index in [9.17, 15) is 0 Å². The normalized spacial score (nSPS) is 11.0. The van der Waals surface area contributed by atoms with Gasteiger partial charge >= 0.3 is 0 Å². The van der Waals surface area contributed by atoms with Gasteiger partial charge in [0.25, 0.3) is 0 Å². The van der Waals surface area contributed by atoms with Gasteiger partial charge in [-0.05, 0) is 19.1 Å². The Morgan fingerprint density at radius 2 is 2.00 bits per heavy atom. The van der Waals surface area contributed by atoms with Crippen molar-refractivity contribution in [2.45, 2.75) is 6.92 Å². The highest BCUT2D eigenvalue weighted by atomic mass is 32.1. The van der Waals surface area contributed by atoms with E-state index in [4.69, 9.17) is 0 Å². The quantitative estimate of drug-likeness (QED) is 0.639. The third-order valence-corrected chi connectivity index (χ3v) is 3.96. The van der Waals surface area contributed by atoms with Crippen LogP contribution in [0, 0.1) is 6.92 Å². The molecule has 1 aromatic carbocycles. The van der Waals surface area contributed by atoms with Crippen LogP contribution in [0.5, 0.6) is 0 Å². The highest BCUT2D eigenvalue weighted by molar-refractivity contribution is 7.21. The molecule has 0 amide bonds. The SMILES string of the molecule is Cc1nc(-c2nc3ccccc3s2)cs1. The van der Waals surface area contributed by atoms with Crippen molar-refractivity contribution in [3.63, 3.8) is 0 Å². The smallest absolute Gasteiger partial charge is 0.143 e. The lowest BCUT2D eigenvalue weighted by Gasteiger charge is -1.84. The Morgan fingerprint density at radius 3 is 2.73 bits per heavy atom. The van der Waals surface area contributed by atoms with Crippen molar-refractivity contribution in [2.24, 2.45) is 0 Å². The minimum Gasteiger partial charge on any atom is -0.239 e. The number of para-hydroxylation sites is 1. The molecule has 0 radical (unpaired) electrons. The predicted molar refractivity (Wildman–Crippen MR) is 65.5 cm³/mol. The fourth-order valence-electron chi connectivity index (χ4n) is 1.44. The summed E-state index contributed by atoms with van der Waals surface area (Å²) in [5.74, 6) is 0. The highest BCUT2D eigenvalue weighted by Gasteiger charge is 2.07. The highest BCUT2D eigenvalue weighted by Crippen LogP contribution is 2.30. The third-order valence-electron chi connectivity index (χ3n) is 2.13. The van der Waals surface area contributed by atoms with Crippen molar-refractivity contribution in [1.29, 1.82) is 0 Å². The van der Waals surface area contributed by atoms with Crippen molar-refractivity contribution >= 4 is 32.9 Å². The second-order valence-corrected chi connectivity index (χ2v) is 5.33. The number of benzene rings is 1. The molecule has 2 heterocycles. The summed E-state index contributed by atoms with van der Waals surface area (Å²) >= 11 is 3.36. The maximum atomic E-state index is 4.56. The summed E-state index contributed by atoms with van der Waals surface area (Å²) in [6, 6.07) is 8.18.